The molecule has 4 rings (SSSR count). The van der Waals surface area contributed by atoms with E-state index in [4.69, 9.17) is 9.26 Å². The summed E-state index contributed by atoms with van der Waals surface area (Å²) in [5.74, 6) is -2.07. The van der Waals surface area contributed by atoms with Crippen LogP contribution < -0.4 is 4.90 Å². The van der Waals surface area contributed by atoms with Gasteiger partial charge in [-0.1, -0.05) is 35.5 Å². The molecule has 32 heavy (non-hydrogen) atoms. The topological polar surface area (TPSA) is 126 Å². The molecule has 1 atom stereocenters. The highest BCUT2D eigenvalue weighted by atomic mass is 16.5. The van der Waals surface area contributed by atoms with Crippen molar-refractivity contribution in [3.63, 3.8) is 0 Å². The number of esters is 1. The quantitative estimate of drug-likeness (QED) is 0.279. The van der Waals surface area contributed by atoms with Gasteiger partial charge in [-0.2, -0.15) is 0 Å². The van der Waals surface area contributed by atoms with E-state index in [0.717, 1.165) is 0 Å². The number of ketones is 1. The lowest BCUT2D eigenvalue weighted by molar-refractivity contribution is -0.132. The summed E-state index contributed by atoms with van der Waals surface area (Å²) in [5.41, 5.74) is 1.78. The van der Waals surface area contributed by atoms with Gasteiger partial charge in [0, 0.05) is 17.3 Å². The zero-order chi connectivity index (χ0) is 23.2. The molecular formula is C23H21N3O6. The Bertz CT molecular complexity index is 1270. The van der Waals surface area contributed by atoms with Crippen LogP contribution in [-0.2, 0) is 14.3 Å². The highest BCUT2D eigenvalue weighted by Crippen LogP contribution is 2.42. The van der Waals surface area contributed by atoms with Crippen LogP contribution in [0.4, 0.5) is 5.82 Å². The van der Waals surface area contributed by atoms with Crippen LogP contribution in [0.5, 0.6) is 0 Å². The number of aromatic amines is 1. The Morgan fingerprint density at radius 2 is 1.88 bits per heavy atom. The Morgan fingerprint density at radius 3 is 2.47 bits per heavy atom. The first-order valence-electron chi connectivity index (χ1n) is 9.83. The number of ether oxygens (including phenoxy) is 1. The second kappa shape index (κ2) is 7.84. The lowest BCUT2D eigenvalue weighted by Gasteiger charge is -2.22. The van der Waals surface area contributed by atoms with Gasteiger partial charge in [0.05, 0.1) is 18.7 Å². The van der Waals surface area contributed by atoms with Crippen LogP contribution in [0.2, 0.25) is 0 Å². The molecule has 2 N–H and O–H groups in total. The number of carbonyl (C=O) groups is 3. The van der Waals surface area contributed by atoms with Crippen molar-refractivity contribution in [1.82, 2.24) is 10.1 Å². The van der Waals surface area contributed by atoms with Crippen molar-refractivity contribution in [2.75, 3.05) is 12.0 Å². The van der Waals surface area contributed by atoms with E-state index in [1.54, 1.807) is 57.2 Å². The van der Waals surface area contributed by atoms with Crippen molar-refractivity contribution >= 4 is 29.2 Å². The van der Waals surface area contributed by atoms with Gasteiger partial charge in [0.25, 0.3) is 5.78 Å². The molecule has 0 bridgehead atoms. The molecule has 2 aromatic heterocycles. The Balaban J connectivity index is 1.97. The molecular weight excluding hydrogens is 414 g/mol. The SMILES string of the molecule is COC(=O)c1[nH]c(C)c(/C(O)=C2\C(=O)C(=O)N(c3cc(C)on3)C2c2ccccc2)c1C. The number of amides is 1. The van der Waals surface area contributed by atoms with Gasteiger partial charge in [-0.15, -0.1) is 0 Å². The summed E-state index contributed by atoms with van der Waals surface area (Å²) in [5, 5.41) is 15.2. The van der Waals surface area contributed by atoms with E-state index in [1.165, 1.54) is 12.0 Å². The standard InChI is InChI=1S/C23H21N3O6/c1-11-10-15(25-32-11)26-19(14-8-6-5-7-9-14)17(21(28)22(26)29)20(27)16-12(2)18(23(30)31-4)24-13(16)3/h5-10,19,24,27H,1-4H3/b20-17+. The summed E-state index contributed by atoms with van der Waals surface area (Å²) >= 11 is 0. The minimum Gasteiger partial charge on any atom is -0.507 e. The van der Waals surface area contributed by atoms with Gasteiger partial charge in [-0.05, 0) is 31.9 Å². The van der Waals surface area contributed by atoms with Gasteiger partial charge >= 0.3 is 11.9 Å². The zero-order valence-electron chi connectivity index (χ0n) is 17.9. The Morgan fingerprint density at radius 1 is 1.19 bits per heavy atom. The van der Waals surface area contributed by atoms with Gasteiger partial charge < -0.3 is 19.4 Å². The Labute approximate surface area is 183 Å². The molecule has 3 heterocycles. The number of Topliss-reactive ketones (excluding diaryl/α,β-unsaturated/α-hetero) is 1. The number of aliphatic hydroxyl groups is 1. The molecule has 1 amide bonds. The molecule has 0 radical (unpaired) electrons. The van der Waals surface area contributed by atoms with E-state index < -0.39 is 23.7 Å². The smallest absolute Gasteiger partial charge is 0.354 e. The number of aromatic nitrogens is 2. The van der Waals surface area contributed by atoms with E-state index in [9.17, 15) is 19.5 Å². The lowest BCUT2D eigenvalue weighted by Crippen LogP contribution is -2.29. The van der Waals surface area contributed by atoms with Gasteiger partial charge in [-0.25, -0.2) is 4.79 Å². The third kappa shape index (κ3) is 3.18. The number of nitrogens with zero attached hydrogens (tertiary/aromatic N) is 2. The van der Waals surface area contributed by atoms with Gasteiger partial charge in [-0.3, -0.25) is 14.5 Å². The average molecular weight is 435 g/mol. The first kappa shape index (κ1) is 21.1. The van der Waals surface area contributed by atoms with E-state index in [2.05, 4.69) is 10.1 Å². The molecule has 1 saturated heterocycles. The van der Waals surface area contributed by atoms with E-state index in [1.807, 2.05) is 0 Å². The predicted molar refractivity (Wildman–Crippen MR) is 114 cm³/mol. The van der Waals surface area contributed by atoms with Gasteiger partial charge in [0.2, 0.25) is 0 Å². The highest BCUT2D eigenvalue weighted by molar-refractivity contribution is 6.51. The third-order valence-electron chi connectivity index (χ3n) is 5.49. The monoisotopic (exact) mass is 435 g/mol. The third-order valence-corrected chi connectivity index (χ3v) is 5.49. The summed E-state index contributed by atoms with van der Waals surface area (Å²) in [4.78, 5) is 42.4. The van der Waals surface area contributed by atoms with Crippen molar-refractivity contribution in [3.8, 4) is 0 Å². The zero-order valence-corrected chi connectivity index (χ0v) is 17.9. The fourth-order valence-corrected chi connectivity index (χ4v) is 4.03. The number of hydrogen-bond acceptors (Lipinski definition) is 7. The fourth-order valence-electron chi connectivity index (χ4n) is 4.03. The van der Waals surface area contributed by atoms with Gasteiger partial charge in [0.1, 0.15) is 17.2 Å². The first-order valence-corrected chi connectivity index (χ1v) is 9.83. The molecule has 0 saturated carbocycles. The maximum absolute atomic E-state index is 13.1. The largest absolute Gasteiger partial charge is 0.507 e. The van der Waals surface area contributed by atoms with Crippen LogP contribution in [0.25, 0.3) is 5.76 Å². The molecule has 1 unspecified atom stereocenters. The Hall–Kier alpha value is -4.14. The second-order valence-electron chi connectivity index (χ2n) is 7.49. The van der Waals surface area contributed by atoms with Crippen LogP contribution in [0.1, 0.15) is 44.7 Å². The molecule has 1 aliphatic heterocycles. The molecule has 9 nitrogen and oxygen atoms in total. The van der Waals surface area contributed by atoms with E-state index in [0.29, 0.717) is 22.6 Å². The van der Waals surface area contributed by atoms with Crippen molar-refractivity contribution in [2.24, 2.45) is 0 Å². The molecule has 1 aromatic carbocycles. The summed E-state index contributed by atoms with van der Waals surface area (Å²) in [6.45, 7) is 4.95. The fraction of sp³-hybridized carbons (Fsp3) is 0.217. The summed E-state index contributed by atoms with van der Waals surface area (Å²) in [6.07, 6.45) is 0. The van der Waals surface area contributed by atoms with Crippen LogP contribution in [0.15, 0.2) is 46.5 Å². The second-order valence-corrected chi connectivity index (χ2v) is 7.49. The predicted octanol–water partition coefficient (Wildman–Crippen LogP) is 3.34. The maximum atomic E-state index is 13.1. The van der Waals surface area contributed by atoms with Crippen molar-refractivity contribution < 1.29 is 28.8 Å². The van der Waals surface area contributed by atoms with E-state index in [-0.39, 0.29) is 28.4 Å². The first-order chi connectivity index (χ1) is 15.3. The molecule has 164 valence electrons. The minimum absolute atomic E-state index is 0.108. The number of H-pyrrole nitrogens is 1. The van der Waals surface area contributed by atoms with Crippen molar-refractivity contribution in [3.05, 3.63) is 75.8 Å². The number of aryl methyl sites for hydroxylation is 2. The summed E-state index contributed by atoms with van der Waals surface area (Å²) in [6, 6.07) is 9.46. The van der Waals surface area contributed by atoms with E-state index >= 15 is 0 Å². The van der Waals surface area contributed by atoms with Crippen LogP contribution in [0, 0.1) is 20.8 Å². The van der Waals surface area contributed by atoms with Crippen LogP contribution in [-0.4, -0.2) is 40.0 Å². The lowest BCUT2D eigenvalue weighted by atomic mass is 9.94. The summed E-state index contributed by atoms with van der Waals surface area (Å²) < 4.78 is 9.90. The maximum Gasteiger partial charge on any atom is 0.354 e. The number of methoxy groups -OCH3 is 1. The number of benzene rings is 1. The molecule has 0 aliphatic carbocycles. The number of anilines is 1. The normalized spacial score (nSPS) is 17.8. The van der Waals surface area contributed by atoms with Crippen molar-refractivity contribution in [2.45, 2.75) is 26.8 Å². The molecule has 0 spiro atoms. The van der Waals surface area contributed by atoms with Crippen LogP contribution >= 0.6 is 0 Å². The Kier molecular flexibility index (Phi) is 5.17. The number of rotatable bonds is 4. The van der Waals surface area contributed by atoms with Gasteiger partial charge in [0.15, 0.2) is 5.82 Å². The highest BCUT2D eigenvalue weighted by Gasteiger charge is 2.48. The number of aliphatic hydroxyl groups excluding tert-OH is 1. The number of hydrogen-bond donors (Lipinski definition) is 2. The summed E-state index contributed by atoms with van der Waals surface area (Å²) in [7, 11) is 1.25. The molecule has 1 fully saturated rings. The molecule has 3 aromatic rings. The number of carbonyl (C=O) groups excluding carboxylic acids is 3. The van der Waals surface area contributed by atoms with Crippen LogP contribution in [0.3, 0.4) is 0 Å². The minimum atomic E-state index is -0.934. The van der Waals surface area contributed by atoms with Crippen molar-refractivity contribution in [1.29, 1.82) is 0 Å². The molecule has 9 heteroatoms. The average Bonchev–Trinajstić information content (AvgIpc) is 3.42. The number of nitrogens with one attached hydrogen (secondary N) is 1. The molecule has 1 aliphatic rings.